The van der Waals surface area contributed by atoms with Crippen LogP contribution in [0.3, 0.4) is 0 Å². The normalized spacial score (nSPS) is 12.3. The fourth-order valence-corrected chi connectivity index (χ4v) is 4.66. The molecule has 0 bridgehead atoms. The van der Waals surface area contributed by atoms with Crippen molar-refractivity contribution in [2.24, 2.45) is 0 Å². The maximum atomic E-state index is 13.1. The van der Waals surface area contributed by atoms with Gasteiger partial charge in [-0.15, -0.1) is 11.3 Å². The molecule has 0 saturated heterocycles. The topological polar surface area (TPSA) is 136 Å². The molecular weight excluding hydrogens is 426 g/mol. The van der Waals surface area contributed by atoms with Crippen molar-refractivity contribution in [3.05, 3.63) is 59.0 Å². The highest BCUT2D eigenvalue weighted by Gasteiger charge is 2.24. The van der Waals surface area contributed by atoms with Crippen molar-refractivity contribution in [3.8, 4) is 28.7 Å². The smallest absolute Gasteiger partial charge is 0.267 e. The van der Waals surface area contributed by atoms with Crippen LogP contribution in [0.2, 0.25) is 0 Å². The number of fused-ring (bicyclic) bond motifs is 2. The van der Waals surface area contributed by atoms with E-state index in [4.69, 9.17) is 20.9 Å². The maximum Gasteiger partial charge on any atom is 0.267 e. The predicted octanol–water partition coefficient (Wildman–Crippen LogP) is 4.02. The number of nitrogen functional groups attached to an aromatic ring is 2. The van der Waals surface area contributed by atoms with Crippen LogP contribution in [0.4, 0.5) is 17.2 Å². The van der Waals surface area contributed by atoms with Crippen LogP contribution < -0.4 is 26.3 Å². The standard InChI is InChI=1S/C23H17N5O3S/c24-11-14-17(12-4-2-1-3-5-12)18-19(25)20(32-23(18)28-21(14)26)22(29)27-13-6-7-15-16(10-13)31-9-8-30-15/h1-7,10H,8-9,25H2,(H2,26,28)(H,27,29). The van der Waals surface area contributed by atoms with E-state index in [9.17, 15) is 10.1 Å². The van der Waals surface area contributed by atoms with Gasteiger partial charge in [0.15, 0.2) is 11.5 Å². The number of ether oxygens (including phenoxy) is 2. The Morgan fingerprint density at radius 2 is 1.84 bits per heavy atom. The number of hydrogen-bond acceptors (Lipinski definition) is 8. The van der Waals surface area contributed by atoms with Gasteiger partial charge in [-0.1, -0.05) is 30.3 Å². The third-order valence-corrected chi connectivity index (χ3v) is 6.18. The van der Waals surface area contributed by atoms with Crippen molar-refractivity contribution in [1.29, 1.82) is 5.26 Å². The first-order valence-corrected chi connectivity index (χ1v) is 10.6. The second-order valence-electron chi connectivity index (χ2n) is 7.06. The second kappa shape index (κ2) is 7.76. The molecule has 9 heteroatoms. The summed E-state index contributed by atoms with van der Waals surface area (Å²) in [5, 5.41) is 13.1. The lowest BCUT2D eigenvalue weighted by Gasteiger charge is -2.18. The molecule has 2 aromatic carbocycles. The number of nitrogens with zero attached hydrogens (tertiary/aromatic N) is 2. The van der Waals surface area contributed by atoms with Gasteiger partial charge in [0.1, 0.15) is 40.4 Å². The number of aromatic nitrogens is 1. The molecule has 1 aliphatic rings. The van der Waals surface area contributed by atoms with Gasteiger partial charge < -0.3 is 26.3 Å². The summed E-state index contributed by atoms with van der Waals surface area (Å²) in [6, 6.07) is 16.6. The summed E-state index contributed by atoms with van der Waals surface area (Å²) in [6.45, 7) is 0.936. The van der Waals surface area contributed by atoms with Crippen LogP contribution in [0, 0.1) is 11.3 Å². The van der Waals surface area contributed by atoms with E-state index in [2.05, 4.69) is 16.4 Å². The Morgan fingerprint density at radius 1 is 1.09 bits per heavy atom. The summed E-state index contributed by atoms with van der Waals surface area (Å²) in [6.07, 6.45) is 0. The molecule has 5 rings (SSSR count). The number of amides is 1. The molecule has 0 fully saturated rings. The van der Waals surface area contributed by atoms with E-state index in [0.717, 1.165) is 16.9 Å². The van der Waals surface area contributed by atoms with Crippen molar-refractivity contribution >= 4 is 44.7 Å². The van der Waals surface area contributed by atoms with Crippen molar-refractivity contribution in [2.45, 2.75) is 0 Å². The van der Waals surface area contributed by atoms with Crippen molar-refractivity contribution in [3.63, 3.8) is 0 Å². The Hall–Kier alpha value is -4.29. The van der Waals surface area contributed by atoms with E-state index in [0.29, 0.717) is 46.2 Å². The minimum atomic E-state index is -0.390. The van der Waals surface area contributed by atoms with Crippen LogP contribution in [0.5, 0.6) is 11.5 Å². The summed E-state index contributed by atoms with van der Waals surface area (Å²) in [5.41, 5.74) is 14.9. The summed E-state index contributed by atoms with van der Waals surface area (Å²) >= 11 is 1.13. The zero-order valence-electron chi connectivity index (χ0n) is 16.7. The highest BCUT2D eigenvalue weighted by molar-refractivity contribution is 7.21. The number of carbonyl (C=O) groups excluding carboxylic acids is 1. The molecule has 0 radical (unpaired) electrons. The molecule has 0 unspecified atom stereocenters. The van der Waals surface area contributed by atoms with Crippen LogP contribution in [0.1, 0.15) is 15.2 Å². The number of nitrogens with two attached hydrogens (primary N) is 2. The third-order valence-electron chi connectivity index (χ3n) is 5.09. The Kier molecular flexibility index (Phi) is 4.77. The molecular formula is C23H17N5O3S. The Labute approximate surface area is 187 Å². The lowest BCUT2D eigenvalue weighted by Crippen LogP contribution is -2.16. The number of pyridine rings is 1. The number of nitriles is 1. The Bertz CT molecular complexity index is 1410. The molecule has 32 heavy (non-hydrogen) atoms. The highest BCUT2D eigenvalue weighted by atomic mass is 32.1. The minimum Gasteiger partial charge on any atom is -0.486 e. The number of rotatable bonds is 3. The van der Waals surface area contributed by atoms with Gasteiger partial charge in [-0.2, -0.15) is 5.26 Å². The quantitative estimate of drug-likeness (QED) is 0.435. The zero-order chi connectivity index (χ0) is 22.2. The van der Waals surface area contributed by atoms with E-state index in [1.165, 1.54) is 0 Å². The van der Waals surface area contributed by atoms with E-state index in [-0.39, 0.29) is 21.9 Å². The molecule has 5 N–H and O–H groups in total. The van der Waals surface area contributed by atoms with Crippen molar-refractivity contribution < 1.29 is 14.3 Å². The van der Waals surface area contributed by atoms with E-state index >= 15 is 0 Å². The average molecular weight is 443 g/mol. The molecule has 8 nitrogen and oxygen atoms in total. The predicted molar refractivity (Wildman–Crippen MR) is 124 cm³/mol. The molecule has 4 aromatic rings. The largest absolute Gasteiger partial charge is 0.486 e. The zero-order valence-corrected chi connectivity index (χ0v) is 17.5. The van der Waals surface area contributed by atoms with Crippen molar-refractivity contribution in [1.82, 2.24) is 4.98 Å². The Balaban J connectivity index is 1.59. The number of nitrogens with one attached hydrogen (secondary N) is 1. The van der Waals surface area contributed by atoms with E-state index in [1.54, 1.807) is 18.2 Å². The lowest BCUT2D eigenvalue weighted by atomic mass is 9.97. The molecule has 3 heterocycles. The SMILES string of the molecule is N#Cc1c(N)nc2sc(C(=O)Nc3ccc4c(c3)OCCO4)c(N)c2c1-c1ccccc1. The summed E-state index contributed by atoms with van der Waals surface area (Å²) in [7, 11) is 0. The lowest BCUT2D eigenvalue weighted by molar-refractivity contribution is 0.103. The van der Waals surface area contributed by atoms with Gasteiger partial charge in [0.2, 0.25) is 0 Å². The van der Waals surface area contributed by atoms with Crippen LogP contribution >= 0.6 is 11.3 Å². The van der Waals surface area contributed by atoms with E-state index < -0.39 is 5.91 Å². The van der Waals surface area contributed by atoms with Gasteiger partial charge >= 0.3 is 0 Å². The first kappa shape index (κ1) is 19.7. The number of thiophene rings is 1. The third kappa shape index (κ3) is 3.23. The van der Waals surface area contributed by atoms with Crippen LogP contribution in [-0.2, 0) is 0 Å². The first-order valence-electron chi connectivity index (χ1n) is 9.74. The molecule has 1 amide bonds. The fraction of sp³-hybridized carbons (Fsp3) is 0.0870. The molecule has 0 spiro atoms. The maximum absolute atomic E-state index is 13.1. The Morgan fingerprint density at radius 3 is 2.59 bits per heavy atom. The van der Waals surface area contributed by atoms with Gasteiger partial charge in [-0.3, -0.25) is 4.79 Å². The van der Waals surface area contributed by atoms with Crippen LogP contribution in [-0.4, -0.2) is 24.1 Å². The molecule has 1 aliphatic heterocycles. The fourth-order valence-electron chi connectivity index (χ4n) is 3.65. The monoisotopic (exact) mass is 443 g/mol. The summed E-state index contributed by atoms with van der Waals surface area (Å²) in [5.74, 6) is 0.904. The molecule has 2 aromatic heterocycles. The van der Waals surface area contributed by atoms with Gasteiger partial charge in [0, 0.05) is 22.7 Å². The highest BCUT2D eigenvalue weighted by Crippen LogP contribution is 2.43. The van der Waals surface area contributed by atoms with Gasteiger partial charge in [0.05, 0.1) is 5.69 Å². The number of hydrogen-bond donors (Lipinski definition) is 3. The van der Waals surface area contributed by atoms with Crippen LogP contribution in [0.15, 0.2) is 48.5 Å². The molecule has 158 valence electrons. The van der Waals surface area contributed by atoms with Gasteiger partial charge in [-0.25, -0.2) is 4.98 Å². The minimum absolute atomic E-state index is 0.0962. The van der Waals surface area contributed by atoms with Gasteiger partial charge in [0.25, 0.3) is 5.91 Å². The molecule has 0 aliphatic carbocycles. The van der Waals surface area contributed by atoms with E-state index in [1.807, 2.05) is 30.3 Å². The van der Waals surface area contributed by atoms with Crippen molar-refractivity contribution in [2.75, 3.05) is 30.0 Å². The molecule has 0 atom stereocenters. The second-order valence-corrected chi connectivity index (χ2v) is 8.06. The summed E-state index contributed by atoms with van der Waals surface area (Å²) in [4.78, 5) is 18.2. The van der Waals surface area contributed by atoms with Gasteiger partial charge in [-0.05, 0) is 17.7 Å². The number of carbonyl (C=O) groups is 1. The number of benzene rings is 2. The average Bonchev–Trinajstić information content (AvgIpc) is 3.14. The summed E-state index contributed by atoms with van der Waals surface area (Å²) < 4.78 is 11.1. The molecule has 0 saturated carbocycles. The number of anilines is 3. The van der Waals surface area contributed by atoms with Crippen LogP contribution in [0.25, 0.3) is 21.3 Å². The first-order chi connectivity index (χ1) is 15.6.